The maximum Gasteiger partial charge on any atom is 0.0382 e. The summed E-state index contributed by atoms with van der Waals surface area (Å²) in [5, 5.41) is 0. The minimum atomic E-state index is 0.465. The number of aryl methyl sites for hydroxylation is 1. The number of benzene rings is 1. The van der Waals surface area contributed by atoms with Crippen molar-refractivity contribution in [1.29, 1.82) is 0 Å². The van der Waals surface area contributed by atoms with Crippen molar-refractivity contribution >= 4 is 5.70 Å². The van der Waals surface area contributed by atoms with Crippen LogP contribution in [0.4, 0.5) is 0 Å². The maximum atomic E-state index is 6.34. The van der Waals surface area contributed by atoms with Crippen molar-refractivity contribution in [1.82, 2.24) is 0 Å². The third kappa shape index (κ3) is 3.88. The monoisotopic (exact) mass is 258 g/mol. The lowest BCUT2D eigenvalue weighted by molar-refractivity contribution is 0.859. The van der Waals surface area contributed by atoms with Crippen molar-refractivity contribution in [2.45, 2.75) is 47.0 Å². The molecule has 2 nitrogen and oxygen atoms in total. The molecule has 0 radical (unpaired) electrons. The van der Waals surface area contributed by atoms with Crippen LogP contribution in [0.15, 0.2) is 35.5 Å². The number of rotatable bonds is 4. The van der Waals surface area contributed by atoms with Crippen molar-refractivity contribution in [3.8, 4) is 0 Å². The Bertz CT molecular complexity index is 508. The molecule has 0 aromatic heterocycles. The van der Waals surface area contributed by atoms with E-state index in [4.69, 9.17) is 11.5 Å². The Labute approximate surface area is 117 Å². The van der Waals surface area contributed by atoms with Crippen LogP contribution in [0, 0.1) is 6.92 Å². The van der Waals surface area contributed by atoms with Gasteiger partial charge in [-0.25, -0.2) is 0 Å². The first-order valence-corrected chi connectivity index (χ1v) is 6.80. The fourth-order valence-corrected chi connectivity index (χ4v) is 2.21. The van der Waals surface area contributed by atoms with Crippen molar-refractivity contribution < 1.29 is 0 Å². The summed E-state index contributed by atoms with van der Waals surface area (Å²) in [5.41, 5.74) is 18.8. The second kappa shape index (κ2) is 6.46. The molecule has 0 aliphatic rings. The van der Waals surface area contributed by atoms with E-state index in [2.05, 4.69) is 45.9 Å². The molecule has 0 saturated carbocycles. The van der Waals surface area contributed by atoms with Gasteiger partial charge >= 0.3 is 0 Å². The molecule has 19 heavy (non-hydrogen) atoms. The molecular formula is C17H26N2. The van der Waals surface area contributed by atoms with Gasteiger partial charge in [-0.05, 0) is 50.4 Å². The molecule has 0 heterocycles. The van der Waals surface area contributed by atoms with Gasteiger partial charge in [0.1, 0.15) is 0 Å². The van der Waals surface area contributed by atoms with E-state index in [1.54, 1.807) is 6.20 Å². The average Bonchev–Trinajstić information content (AvgIpc) is 2.37. The molecule has 1 aromatic carbocycles. The highest BCUT2D eigenvalue weighted by Crippen LogP contribution is 2.27. The molecule has 4 N–H and O–H groups in total. The van der Waals surface area contributed by atoms with E-state index in [0.29, 0.717) is 5.92 Å². The quantitative estimate of drug-likeness (QED) is 0.855. The minimum Gasteiger partial charge on any atom is -0.405 e. The standard InChI is InChI=1S/C17H26N2/c1-11(2)16-9-12(3)6-7-15(16)17(19)14(5)8-13(4)10-18/h6-7,9-11H,8,18-19H2,1-5H3/b13-10+,17-14+. The Morgan fingerprint density at radius 3 is 2.42 bits per heavy atom. The van der Waals surface area contributed by atoms with E-state index in [9.17, 15) is 0 Å². The number of nitrogens with two attached hydrogens (primary N) is 2. The van der Waals surface area contributed by atoms with Crippen LogP contribution in [0.3, 0.4) is 0 Å². The van der Waals surface area contributed by atoms with Crippen LogP contribution in [-0.2, 0) is 0 Å². The highest BCUT2D eigenvalue weighted by atomic mass is 14.6. The zero-order valence-corrected chi connectivity index (χ0v) is 12.7. The molecule has 1 rings (SSSR count). The summed E-state index contributed by atoms with van der Waals surface area (Å²) >= 11 is 0. The van der Waals surface area contributed by atoms with Gasteiger partial charge in [0.05, 0.1) is 0 Å². The normalized spacial score (nSPS) is 13.7. The molecule has 0 atom stereocenters. The number of allylic oxidation sites excluding steroid dienone is 2. The van der Waals surface area contributed by atoms with Crippen LogP contribution in [-0.4, -0.2) is 0 Å². The zero-order valence-electron chi connectivity index (χ0n) is 12.7. The van der Waals surface area contributed by atoms with E-state index in [1.165, 1.54) is 16.7 Å². The third-order valence-electron chi connectivity index (χ3n) is 3.41. The van der Waals surface area contributed by atoms with Gasteiger partial charge in [-0.2, -0.15) is 0 Å². The van der Waals surface area contributed by atoms with Crippen LogP contribution in [0.5, 0.6) is 0 Å². The Hall–Kier alpha value is -1.70. The Morgan fingerprint density at radius 2 is 1.89 bits per heavy atom. The highest BCUT2D eigenvalue weighted by Gasteiger charge is 2.11. The van der Waals surface area contributed by atoms with Crippen LogP contribution >= 0.6 is 0 Å². The summed E-state index contributed by atoms with van der Waals surface area (Å²) in [4.78, 5) is 0. The summed E-state index contributed by atoms with van der Waals surface area (Å²) in [7, 11) is 0. The lowest BCUT2D eigenvalue weighted by Gasteiger charge is -2.16. The first-order valence-electron chi connectivity index (χ1n) is 6.80. The molecule has 0 aliphatic heterocycles. The molecule has 1 aromatic rings. The fourth-order valence-electron chi connectivity index (χ4n) is 2.21. The Kier molecular flexibility index (Phi) is 5.22. The highest BCUT2D eigenvalue weighted by molar-refractivity contribution is 5.69. The minimum absolute atomic E-state index is 0.465. The van der Waals surface area contributed by atoms with Gasteiger partial charge in [0, 0.05) is 11.3 Å². The van der Waals surface area contributed by atoms with Crippen molar-refractivity contribution in [3.63, 3.8) is 0 Å². The molecule has 0 bridgehead atoms. The lowest BCUT2D eigenvalue weighted by Crippen LogP contribution is -2.06. The first kappa shape index (κ1) is 15.4. The molecule has 0 amide bonds. The fraction of sp³-hybridized carbons (Fsp3) is 0.412. The van der Waals surface area contributed by atoms with E-state index < -0.39 is 0 Å². The van der Waals surface area contributed by atoms with Gasteiger partial charge in [0.15, 0.2) is 0 Å². The van der Waals surface area contributed by atoms with E-state index >= 15 is 0 Å². The van der Waals surface area contributed by atoms with Gasteiger partial charge in [-0.3, -0.25) is 0 Å². The summed E-state index contributed by atoms with van der Waals surface area (Å²) < 4.78 is 0. The van der Waals surface area contributed by atoms with Crippen LogP contribution in [0.2, 0.25) is 0 Å². The van der Waals surface area contributed by atoms with Crippen molar-refractivity contribution in [2.75, 3.05) is 0 Å². The van der Waals surface area contributed by atoms with Gasteiger partial charge in [0.25, 0.3) is 0 Å². The number of hydrogen-bond donors (Lipinski definition) is 2. The summed E-state index contributed by atoms with van der Waals surface area (Å²) in [6, 6.07) is 6.48. The van der Waals surface area contributed by atoms with Gasteiger partial charge in [0.2, 0.25) is 0 Å². The first-order chi connectivity index (χ1) is 8.86. The van der Waals surface area contributed by atoms with Gasteiger partial charge < -0.3 is 11.5 Å². The summed E-state index contributed by atoms with van der Waals surface area (Å²) in [6.45, 7) is 10.6. The predicted molar refractivity (Wildman–Crippen MR) is 84.6 cm³/mol. The Balaban J connectivity index is 3.25. The smallest absolute Gasteiger partial charge is 0.0382 e. The van der Waals surface area contributed by atoms with Crippen molar-refractivity contribution in [3.05, 3.63) is 52.2 Å². The van der Waals surface area contributed by atoms with E-state index in [-0.39, 0.29) is 0 Å². The second-order valence-electron chi connectivity index (χ2n) is 5.63. The molecule has 104 valence electrons. The molecule has 0 unspecified atom stereocenters. The summed E-state index contributed by atoms with van der Waals surface area (Å²) in [5.74, 6) is 0.465. The predicted octanol–water partition coefficient (Wildman–Crippen LogP) is 4.06. The zero-order chi connectivity index (χ0) is 14.6. The SMILES string of the molecule is C/C(=C\N)C/C(C)=C(/N)c1ccc(C)cc1C(C)C. The van der Waals surface area contributed by atoms with E-state index in [0.717, 1.165) is 23.3 Å². The van der Waals surface area contributed by atoms with Gasteiger partial charge in [-0.15, -0.1) is 0 Å². The largest absolute Gasteiger partial charge is 0.405 e. The molecular weight excluding hydrogens is 232 g/mol. The van der Waals surface area contributed by atoms with Gasteiger partial charge in [-0.1, -0.05) is 43.2 Å². The Morgan fingerprint density at radius 1 is 1.26 bits per heavy atom. The molecule has 0 spiro atoms. The topological polar surface area (TPSA) is 52.0 Å². The third-order valence-corrected chi connectivity index (χ3v) is 3.41. The van der Waals surface area contributed by atoms with E-state index in [1.807, 2.05) is 6.92 Å². The number of hydrogen-bond acceptors (Lipinski definition) is 2. The molecule has 0 saturated heterocycles. The van der Waals surface area contributed by atoms with Crippen LogP contribution in [0.1, 0.15) is 56.7 Å². The molecule has 2 heteroatoms. The van der Waals surface area contributed by atoms with Crippen LogP contribution in [0.25, 0.3) is 5.70 Å². The molecule has 0 aliphatic carbocycles. The lowest BCUT2D eigenvalue weighted by atomic mass is 9.91. The second-order valence-corrected chi connectivity index (χ2v) is 5.63. The van der Waals surface area contributed by atoms with Crippen LogP contribution < -0.4 is 11.5 Å². The van der Waals surface area contributed by atoms with Crippen molar-refractivity contribution in [2.24, 2.45) is 11.5 Å². The summed E-state index contributed by atoms with van der Waals surface area (Å²) in [6.07, 6.45) is 2.48. The average molecular weight is 258 g/mol. The maximum absolute atomic E-state index is 6.34. The molecule has 0 fully saturated rings.